The molecule has 1 amide bonds. The van der Waals surface area contributed by atoms with Gasteiger partial charge >= 0.3 is 0 Å². The number of aliphatic imine (C=N–C) groups is 1. The normalized spacial score (nSPS) is 17.9. The maximum absolute atomic E-state index is 11.4. The summed E-state index contributed by atoms with van der Waals surface area (Å²) in [5, 5.41) is 2.64. The Hall–Kier alpha value is -1.90. The molecule has 3 heteroatoms. The molecule has 1 aromatic carbocycles. The van der Waals surface area contributed by atoms with Crippen LogP contribution >= 0.6 is 0 Å². The third-order valence-corrected chi connectivity index (χ3v) is 2.20. The molecular formula is C12H12N2O. The monoisotopic (exact) mass is 200 g/mol. The van der Waals surface area contributed by atoms with Gasteiger partial charge in [0.1, 0.15) is 11.5 Å². The molecule has 0 aliphatic carbocycles. The Kier molecular flexibility index (Phi) is 2.37. The van der Waals surface area contributed by atoms with E-state index in [9.17, 15) is 4.79 Å². The first-order valence-corrected chi connectivity index (χ1v) is 4.80. The summed E-state index contributed by atoms with van der Waals surface area (Å²) in [6.07, 6.45) is 1.78. The van der Waals surface area contributed by atoms with Gasteiger partial charge in [-0.1, -0.05) is 29.8 Å². The second-order valence-electron chi connectivity index (χ2n) is 3.59. The maximum Gasteiger partial charge on any atom is 0.275 e. The van der Waals surface area contributed by atoms with Gasteiger partial charge in [0, 0.05) is 0 Å². The van der Waals surface area contributed by atoms with Crippen LogP contribution in [-0.2, 0) is 4.79 Å². The lowest BCUT2D eigenvalue weighted by Gasteiger charge is -1.95. The third kappa shape index (κ3) is 2.13. The van der Waals surface area contributed by atoms with E-state index in [1.807, 2.05) is 31.2 Å². The van der Waals surface area contributed by atoms with Gasteiger partial charge in [-0.15, -0.1) is 0 Å². The number of nitrogens with zero attached hydrogens (tertiary/aromatic N) is 1. The molecule has 1 aliphatic rings. The molecule has 0 aromatic heterocycles. The van der Waals surface area contributed by atoms with Gasteiger partial charge < -0.3 is 5.32 Å². The fourth-order valence-electron chi connectivity index (χ4n) is 1.41. The molecular weight excluding hydrogens is 188 g/mol. The second-order valence-corrected chi connectivity index (χ2v) is 3.59. The molecule has 0 unspecified atom stereocenters. The van der Waals surface area contributed by atoms with E-state index < -0.39 is 0 Å². The molecule has 1 heterocycles. The number of amides is 1. The van der Waals surface area contributed by atoms with Gasteiger partial charge in [0.05, 0.1) is 0 Å². The number of nitrogens with one attached hydrogen (secondary N) is 1. The standard InChI is InChI=1S/C12H12N2O/c1-8-3-5-10(6-4-8)7-11-12(15)14-9(2)13-11/h3-7H,1-2H3,(H,13,14,15)/b11-7+. The minimum atomic E-state index is -0.131. The van der Waals surface area contributed by atoms with Crippen molar-refractivity contribution in [2.75, 3.05) is 0 Å². The van der Waals surface area contributed by atoms with Crippen molar-refractivity contribution in [1.29, 1.82) is 0 Å². The molecule has 76 valence electrons. The zero-order valence-corrected chi connectivity index (χ0v) is 8.74. The summed E-state index contributed by atoms with van der Waals surface area (Å²) in [7, 11) is 0. The average molecular weight is 200 g/mol. The van der Waals surface area contributed by atoms with Crippen molar-refractivity contribution in [2.24, 2.45) is 4.99 Å². The first-order valence-electron chi connectivity index (χ1n) is 4.80. The Bertz CT molecular complexity index is 455. The Balaban J connectivity index is 2.31. The van der Waals surface area contributed by atoms with E-state index in [0.29, 0.717) is 11.5 Å². The molecule has 1 N–H and O–H groups in total. The summed E-state index contributed by atoms with van der Waals surface area (Å²) in [4.78, 5) is 15.5. The van der Waals surface area contributed by atoms with Crippen molar-refractivity contribution in [3.05, 3.63) is 41.1 Å². The maximum atomic E-state index is 11.4. The van der Waals surface area contributed by atoms with E-state index in [1.165, 1.54) is 5.56 Å². The third-order valence-electron chi connectivity index (χ3n) is 2.20. The van der Waals surface area contributed by atoms with Crippen molar-refractivity contribution in [3.8, 4) is 0 Å². The Morgan fingerprint density at radius 3 is 2.40 bits per heavy atom. The van der Waals surface area contributed by atoms with E-state index >= 15 is 0 Å². The van der Waals surface area contributed by atoms with E-state index in [2.05, 4.69) is 10.3 Å². The van der Waals surface area contributed by atoms with E-state index in [1.54, 1.807) is 13.0 Å². The predicted molar refractivity (Wildman–Crippen MR) is 60.4 cm³/mol. The summed E-state index contributed by atoms with van der Waals surface area (Å²) in [6, 6.07) is 7.96. The highest BCUT2D eigenvalue weighted by Gasteiger charge is 2.16. The Morgan fingerprint density at radius 2 is 1.87 bits per heavy atom. The van der Waals surface area contributed by atoms with Crippen LogP contribution in [0.3, 0.4) is 0 Å². The highest BCUT2D eigenvalue weighted by molar-refractivity contribution is 6.13. The first-order chi connectivity index (χ1) is 7.15. The largest absolute Gasteiger partial charge is 0.309 e. The predicted octanol–water partition coefficient (Wildman–Crippen LogP) is 1.88. The molecule has 0 fully saturated rings. The number of rotatable bonds is 1. The second kappa shape index (κ2) is 3.69. The highest BCUT2D eigenvalue weighted by atomic mass is 16.2. The molecule has 3 nitrogen and oxygen atoms in total. The molecule has 0 radical (unpaired) electrons. The van der Waals surface area contributed by atoms with Gasteiger partial charge in [-0.25, -0.2) is 4.99 Å². The molecule has 0 saturated heterocycles. The average Bonchev–Trinajstić information content (AvgIpc) is 2.49. The number of benzene rings is 1. The smallest absolute Gasteiger partial charge is 0.275 e. The molecule has 0 atom stereocenters. The zero-order chi connectivity index (χ0) is 10.8. The molecule has 1 aliphatic heterocycles. The number of carbonyl (C=O) groups excluding carboxylic acids is 1. The molecule has 1 aromatic rings. The summed E-state index contributed by atoms with van der Waals surface area (Å²) in [6.45, 7) is 3.80. The van der Waals surface area contributed by atoms with Crippen LogP contribution in [0.25, 0.3) is 6.08 Å². The highest BCUT2D eigenvalue weighted by Crippen LogP contribution is 2.12. The number of carbonyl (C=O) groups is 1. The summed E-state index contributed by atoms with van der Waals surface area (Å²) >= 11 is 0. The topological polar surface area (TPSA) is 41.5 Å². The van der Waals surface area contributed by atoms with Crippen LogP contribution in [-0.4, -0.2) is 11.7 Å². The molecule has 0 bridgehead atoms. The van der Waals surface area contributed by atoms with Crippen molar-refractivity contribution in [3.63, 3.8) is 0 Å². The van der Waals surface area contributed by atoms with Gasteiger partial charge in [0.2, 0.25) is 0 Å². The van der Waals surface area contributed by atoms with Gasteiger partial charge in [-0.05, 0) is 25.5 Å². The van der Waals surface area contributed by atoms with Crippen LogP contribution in [0.15, 0.2) is 35.0 Å². The fraction of sp³-hybridized carbons (Fsp3) is 0.167. The minimum absolute atomic E-state index is 0.131. The van der Waals surface area contributed by atoms with Crippen molar-refractivity contribution in [2.45, 2.75) is 13.8 Å². The summed E-state index contributed by atoms with van der Waals surface area (Å²) in [5.74, 6) is 0.520. The fourth-order valence-corrected chi connectivity index (χ4v) is 1.41. The lowest BCUT2D eigenvalue weighted by Crippen LogP contribution is -2.21. The van der Waals surface area contributed by atoms with Crippen LogP contribution < -0.4 is 5.32 Å². The van der Waals surface area contributed by atoms with E-state index in [0.717, 1.165) is 5.56 Å². The van der Waals surface area contributed by atoms with Gasteiger partial charge in [-0.2, -0.15) is 0 Å². The van der Waals surface area contributed by atoms with E-state index in [4.69, 9.17) is 0 Å². The van der Waals surface area contributed by atoms with Gasteiger partial charge in [-0.3, -0.25) is 4.79 Å². The van der Waals surface area contributed by atoms with E-state index in [-0.39, 0.29) is 5.91 Å². The van der Waals surface area contributed by atoms with Crippen molar-refractivity contribution < 1.29 is 4.79 Å². The molecule has 0 spiro atoms. The zero-order valence-electron chi connectivity index (χ0n) is 8.74. The number of hydrogen-bond donors (Lipinski definition) is 1. The van der Waals surface area contributed by atoms with Crippen LogP contribution in [0.4, 0.5) is 0 Å². The lowest BCUT2D eigenvalue weighted by atomic mass is 10.1. The summed E-state index contributed by atoms with van der Waals surface area (Å²) in [5.41, 5.74) is 2.66. The molecule has 0 saturated carbocycles. The quantitative estimate of drug-likeness (QED) is 0.691. The van der Waals surface area contributed by atoms with Crippen molar-refractivity contribution >= 4 is 17.8 Å². The first kappa shape index (κ1) is 9.65. The Labute approximate surface area is 88.5 Å². The Morgan fingerprint density at radius 1 is 1.20 bits per heavy atom. The van der Waals surface area contributed by atoms with Crippen LogP contribution in [0.1, 0.15) is 18.1 Å². The number of aryl methyl sites for hydroxylation is 1. The van der Waals surface area contributed by atoms with Gasteiger partial charge in [0.25, 0.3) is 5.91 Å². The van der Waals surface area contributed by atoms with Crippen LogP contribution in [0, 0.1) is 6.92 Å². The SMILES string of the molecule is CC1=N/C(=C/c2ccc(C)cc2)C(=O)N1. The minimum Gasteiger partial charge on any atom is -0.309 e. The lowest BCUT2D eigenvalue weighted by molar-refractivity contribution is -0.115. The molecule has 15 heavy (non-hydrogen) atoms. The molecule has 2 rings (SSSR count). The van der Waals surface area contributed by atoms with Crippen molar-refractivity contribution in [1.82, 2.24) is 5.32 Å². The summed E-state index contributed by atoms with van der Waals surface area (Å²) < 4.78 is 0. The number of hydrogen-bond acceptors (Lipinski definition) is 2. The van der Waals surface area contributed by atoms with Crippen LogP contribution in [0.5, 0.6) is 0 Å². The number of amidine groups is 1. The van der Waals surface area contributed by atoms with Crippen LogP contribution in [0.2, 0.25) is 0 Å². The van der Waals surface area contributed by atoms with Gasteiger partial charge in [0.15, 0.2) is 0 Å².